The molecule has 0 N–H and O–H groups in total. The van der Waals surface area contributed by atoms with Crippen molar-refractivity contribution < 1.29 is 4.79 Å². The SMILES string of the molecule is Cc1cc(C(=O)N2CCCC(c3nnc4n3CCCCC4)C2)nn1-c1ccccc1. The molecule has 1 fully saturated rings. The van der Waals surface area contributed by atoms with E-state index >= 15 is 0 Å². The largest absolute Gasteiger partial charge is 0.337 e. The topological polar surface area (TPSA) is 68.8 Å². The average Bonchev–Trinajstić information content (AvgIpc) is 3.29. The number of carbonyl (C=O) groups excluding carboxylic acids is 1. The Balaban J connectivity index is 1.36. The molecule has 0 radical (unpaired) electrons. The zero-order valence-corrected chi connectivity index (χ0v) is 17.5. The number of aromatic nitrogens is 5. The van der Waals surface area contributed by atoms with Crippen molar-refractivity contribution in [2.24, 2.45) is 0 Å². The summed E-state index contributed by atoms with van der Waals surface area (Å²) in [6.07, 6.45) is 6.68. The van der Waals surface area contributed by atoms with Gasteiger partial charge in [-0.15, -0.1) is 10.2 Å². The highest BCUT2D eigenvalue weighted by molar-refractivity contribution is 5.92. The van der Waals surface area contributed by atoms with Crippen LogP contribution in [-0.2, 0) is 13.0 Å². The van der Waals surface area contributed by atoms with Gasteiger partial charge in [0, 0.05) is 37.7 Å². The molecule has 2 aliphatic rings. The number of aryl methyl sites for hydroxylation is 2. The van der Waals surface area contributed by atoms with E-state index < -0.39 is 0 Å². The second-order valence-corrected chi connectivity index (χ2v) is 8.45. The number of rotatable bonds is 3. The summed E-state index contributed by atoms with van der Waals surface area (Å²) in [4.78, 5) is 15.2. The molecule has 7 heteroatoms. The molecule has 156 valence electrons. The number of carbonyl (C=O) groups is 1. The lowest BCUT2D eigenvalue weighted by atomic mass is 9.96. The molecule has 4 heterocycles. The number of amides is 1. The van der Waals surface area contributed by atoms with Crippen molar-refractivity contribution in [3.8, 4) is 5.69 Å². The number of piperidine rings is 1. The van der Waals surface area contributed by atoms with E-state index in [0.29, 0.717) is 12.2 Å². The van der Waals surface area contributed by atoms with Crippen LogP contribution in [0.3, 0.4) is 0 Å². The van der Waals surface area contributed by atoms with E-state index in [1.165, 1.54) is 19.3 Å². The number of likely N-dealkylation sites (tertiary alicyclic amines) is 1. The monoisotopic (exact) mass is 404 g/mol. The molecule has 1 atom stereocenters. The number of para-hydroxylation sites is 1. The summed E-state index contributed by atoms with van der Waals surface area (Å²) in [5, 5.41) is 13.6. The van der Waals surface area contributed by atoms with Gasteiger partial charge in [0.05, 0.1) is 5.69 Å². The van der Waals surface area contributed by atoms with Crippen molar-refractivity contribution in [1.82, 2.24) is 29.4 Å². The van der Waals surface area contributed by atoms with Gasteiger partial charge in [-0.2, -0.15) is 5.10 Å². The highest BCUT2D eigenvalue weighted by Crippen LogP contribution is 2.29. The van der Waals surface area contributed by atoms with Crippen LogP contribution in [0.2, 0.25) is 0 Å². The number of nitrogens with zero attached hydrogens (tertiary/aromatic N) is 6. The first-order chi connectivity index (χ1) is 14.7. The third kappa shape index (κ3) is 3.53. The van der Waals surface area contributed by atoms with Crippen molar-refractivity contribution >= 4 is 5.91 Å². The molecule has 0 bridgehead atoms. The molecule has 2 aliphatic heterocycles. The van der Waals surface area contributed by atoms with Gasteiger partial charge in [0.1, 0.15) is 11.6 Å². The molecule has 1 aromatic carbocycles. The van der Waals surface area contributed by atoms with E-state index in [2.05, 4.69) is 19.9 Å². The minimum absolute atomic E-state index is 0.00749. The second-order valence-electron chi connectivity index (χ2n) is 8.45. The van der Waals surface area contributed by atoms with Crippen molar-refractivity contribution in [2.45, 2.75) is 57.9 Å². The van der Waals surface area contributed by atoms with Gasteiger partial charge in [0.2, 0.25) is 0 Å². The van der Waals surface area contributed by atoms with Crippen molar-refractivity contribution in [2.75, 3.05) is 13.1 Å². The third-order valence-electron chi connectivity index (χ3n) is 6.32. The zero-order chi connectivity index (χ0) is 20.5. The van der Waals surface area contributed by atoms with E-state index in [0.717, 1.165) is 55.4 Å². The lowest BCUT2D eigenvalue weighted by molar-refractivity contribution is 0.0696. The molecule has 0 aliphatic carbocycles. The molecule has 7 nitrogen and oxygen atoms in total. The van der Waals surface area contributed by atoms with Gasteiger partial charge in [0.15, 0.2) is 5.69 Å². The first-order valence-corrected chi connectivity index (χ1v) is 11.0. The summed E-state index contributed by atoms with van der Waals surface area (Å²) in [7, 11) is 0. The van der Waals surface area contributed by atoms with Crippen molar-refractivity contribution in [3.63, 3.8) is 0 Å². The molecular formula is C23H28N6O. The van der Waals surface area contributed by atoms with Gasteiger partial charge in [-0.05, 0) is 50.8 Å². The van der Waals surface area contributed by atoms with Gasteiger partial charge in [-0.1, -0.05) is 24.6 Å². The molecule has 5 rings (SSSR count). The quantitative estimate of drug-likeness (QED) is 0.670. The summed E-state index contributed by atoms with van der Waals surface area (Å²) < 4.78 is 4.16. The van der Waals surface area contributed by atoms with E-state index in [4.69, 9.17) is 0 Å². The van der Waals surface area contributed by atoms with Crippen molar-refractivity contribution in [1.29, 1.82) is 0 Å². The second kappa shape index (κ2) is 8.05. The van der Waals surface area contributed by atoms with E-state index in [1.54, 1.807) is 0 Å². The molecule has 3 aromatic rings. The highest BCUT2D eigenvalue weighted by atomic mass is 16.2. The Morgan fingerprint density at radius 1 is 1.03 bits per heavy atom. The standard InChI is InChI=1S/C23H28N6O/c1-17-15-20(26-29(17)19-10-4-2-5-11-19)23(30)27-13-8-9-18(16-27)22-25-24-21-12-6-3-7-14-28(21)22/h2,4-5,10-11,15,18H,3,6-9,12-14,16H2,1H3. The first kappa shape index (κ1) is 19.0. The van der Waals surface area contributed by atoms with Crippen LogP contribution in [0.4, 0.5) is 0 Å². The maximum absolute atomic E-state index is 13.3. The maximum Gasteiger partial charge on any atom is 0.274 e. The zero-order valence-electron chi connectivity index (χ0n) is 17.5. The summed E-state index contributed by atoms with van der Waals surface area (Å²) in [6, 6.07) is 11.8. The Morgan fingerprint density at radius 3 is 2.77 bits per heavy atom. The lowest BCUT2D eigenvalue weighted by Gasteiger charge is -2.32. The summed E-state index contributed by atoms with van der Waals surface area (Å²) in [5.41, 5.74) is 2.44. The summed E-state index contributed by atoms with van der Waals surface area (Å²) >= 11 is 0. The fraction of sp³-hybridized carbons (Fsp3) is 0.478. The van der Waals surface area contributed by atoms with E-state index in [-0.39, 0.29) is 11.8 Å². The Bertz CT molecular complexity index is 1040. The molecule has 0 spiro atoms. The summed E-state index contributed by atoms with van der Waals surface area (Å²) in [6.45, 7) is 4.45. The summed E-state index contributed by atoms with van der Waals surface area (Å²) in [5.74, 6) is 2.44. The number of hydrogen-bond acceptors (Lipinski definition) is 4. The van der Waals surface area contributed by atoms with Gasteiger partial charge in [0.25, 0.3) is 5.91 Å². The van der Waals surface area contributed by atoms with Crippen LogP contribution in [0.15, 0.2) is 36.4 Å². The van der Waals surface area contributed by atoms with Crippen LogP contribution in [-0.4, -0.2) is 48.4 Å². The smallest absolute Gasteiger partial charge is 0.274 e. The normalized spacial score (nSPS) is 19.4. The van der Waals surface area contributed by atoms with Crippen LogP contribution < -0.4 is 0 Å². The first-order valence-electron chi connectivity index (χ1n) is 11.0. The molecule has 1 saturated heterocycles. The average molecular weight is 405 g/mol. The Labute approximate surface area is 176 Å². The van der Waals surface area contributed by atoms with Gasteiger partial charge < -0.3 is 9.47 Å². The Kier molecular flexibility index (Phi) is 5.11. The van der Waals surface area contributed by atoms with Crippen LogP contribution in [0.1, 0.15) is 65.9 Å². The lowest BCUT2D eigenvalue weighted by Crippen LogP contribution is -2.40. The molecule has 0 saturated carbocycles. The minimum atomic E-state index is 0.00749. The molecule has 1 amide bonds. The van der Waals surface area contributed by atoms with E-state index in [9.17, 15) is 4.79 Å². The maximum atomic E-state index is 13.3. The highest BCUT2D eigenvalue weighted by Gasteiger charge is 2.31. The van der Waals surface area contributed by atoms with Gasteiger partial charge in [-0.25, -0.2) is 4.68 Å². The number of hydrogen-bond donors (Lipinski definition) is 0. The van der Waals surface area contributed by atoms with Crippen LogP contribution in [0, 0.1) is 6.92 Å². The van der Waals surface area contributed by atoms with Gasteiger partial charge >= 0.3 is 0 Å². The van der Waals surface area contributed by atoms with Crippen LogP contribution in [0.25, 0.3) is 5.69 Å². The van der Waals surface area contributed by atoms with Gasteiger partial charge in [-0.3, -0.25) is 4.79 Å². The Morgan fingerprint density at radius 2 is 1.90 bits per heavy atom. The fourth-order valence-corrected chi connectivity index (χ4v) is 4.75. The number of benzene rings is 1. The predicted octanol–water partition coefficient (Wildman–Crippen LogP) is 3.52. The fourth-order valence-electron chi connectivity index (χ4n) is 4.75. The van der Waals surface area contributed by atoms with Crippen molar-refractivity contribution in [3.05, 3.63) is 59.4 Å². The Hall–Kier alpha value is -2.96. The molecule has 1 unspecified atom stereocenters. The van der Waals surface area contributed by atoms with Crippen LogP contribution >= 0.6 is 0 Å². The van der Waals surface area contributed by atoms with E-state index in [1.807, 2.05) is 52.9 Å². The third-order valence-corrected chi connectivity index (χ3v) is 6.32. The number of fused-ring (bicyclic) bond motifs is 1. The molecular weight excluding hydrogens is 376 g/mol. The minimum Gasteiger partial charge on any atom is -0.337 e. The van der Waals surface area contributed by atoms with Crippen LogP contribution in [0.5, 0.6) is 0 Å². The molecule has 2 aromatic heterocycles. The predicted molar refractivity (Wildman–Crippen MR) is 114 cm³/mol. The molecule has 30 heavy (non-hydrogen) atoms.